The fraction of sp³-hybridized carbons (Fsp3) is 0.458. The molecule has 1 fully saturated rings. The smallest absolute Gasteiger partial charge is 0.303 e. The van der Waals surface area contributed by atoms with Crippen molar-refractivity contribution in [3.05, 3.63) is 53.1 Å². The van der Waals surface area contributed by atoms with E-state index in [9.17, 15) is 18.3 Å². The van der Waals surface area contributed by atoms with Crippen molar-refractivity contribution in [1.82, 2.24) is 0 Å². The Hall–Kier alpha value is -2.25. The summed E-state index contributed by atoms with van der Waals surface area (Å²) in [7, 11) is -2.95. The number of benzene rings is 2. The molecule has 0 radical (unpaired) electrons. The first-order valence-electron chi connectivity index (χ1n) is 11.1. The van der Waals surface area contributed by atoms with Crippen LogP contribution in [0.5, 0.6) is 0 Å². The van der Waals surface area contributed by atoms with Crippen LogP contribution in [-0.2, 0) is 14.6 Å². The Bertz CT molecular complexity index is 1030. The molecule has 2 N–H and O–H groups in total. The monoisotopic (exact) mass is 478 g/mol. The molecule has 2 aromatic carbocycles. The van der Waals surface area contributed by atoms with Crippen LogP contribution in [0.15, 0.2) is 42.5 Å². The molecule has 174 valence electrons. The molecule has 32 heavy (non-hydrogen) atoms. The maximum absolute atomic E-state index is 11.9. The van der Waals surface area contributed by atoms with Gasteiger partial charge in [-0.3, -0.25) is 4.79 Å². The largest absolute Gasteiger partial charge is 0.481 e. The predicted molar refractivity (Wildman–Crippen MR) is 131 cm³/mol. The topological polar surface area (TPSA) is 86.7 Å². The van der Waals surface area contributed by atoms with Crippen molar-refractivity contribution in [1.29, 1.82) is 0 Å². The molecule has 1 atom stereocenters. The lowest BCUT2D eigenvalue weighted by atomic mass is 9.92. The Morgan fingerprint density at radius 3 is 2.38 bits per heavy atom. The van der Waals surface area contributed by atoms with Crippen LogP contribution < -0.4 is 10.2 Å². The standard InChI is InChI=1S/C24H31ClN2O4S/c1-3-17(16-24(28)29)18-5-10-23(22(15-18)26-20-8-6-19(25)7-9-20)27(4-2)21-11-13-32(30,31)14-12-21/h5-10,15,17,21,26H,3-4,11-14,16H2,1-2H3,(H,28,29). The van der Waals surface area contributed by atoms with Crippen molar-refractivity contribution in [2.24, 2.45) is 0 Å². The maximum atomic E-state index is 11.9. The Kier molecular flexibility index (Phi) is 8.06. The van der Waals surface area contributed by atoms with Gasteiger partial charge in [0.15, 0.2) is 0 Å². The number of hydrogen-bond acceptors (Lipinski definition) is 5. The second kappa shape index (κ2) is 10.6. The number of nitrogens with one attached hydrogen (secondary N) is 1. The van der Waals surface area contributed by atoms with Gasteiger partial charge in [0.05, 0.1) is 29.3 Å². The lowest BCUT2D eigenvalue weighted by molar-refractivity contribution is -0.137. The van der Waals surface area contributed by atoms with Gasteiger partial charge < -0.3 is 15.3 Å². The molecular formula is C24H31ClN2O4S. The zero-order valence-corrected chi connectivity index (χ0v) is 20.1. The molecule has 0 aliphatic carbocycles. The van der Waals surface area contributed by atoms with Gasteiger partial charge >= 0.3 is 5.97 Å². The molecule has 0 amide bonds. The minimum Gasteiger partial charge on any atom is -0.481 e. The summed E-state index contributed by atoms with van der Waals surface area (Å²) in [4.78, 5) is 13.6. The Balaban J connectivity index is 1.98. The Labute approximate surface area is 195 Å². The van der Waals surface area contributed by atoms with Gasteiger partial charge in [0.1, 0.15) is 9.84 Å². The number of aliphatic carboxylic acids is 1. The average Bonchev–Trinajstić information content (AvgIpc) is 2.76. The van der Waals surface area contributed by atoms with Gasteiger partial charge in [-0.05, 0) is 74.1 Å². The van der Waals surface area contributed by atoms with Gasteiger partial charge in [-0.25, -0.2) is 8.42 Å². The number of anilines is 3. The van der Waals surface area contributed by atoms with E-state index in [0.717, 1.165) is 35.6 Å². The highest BCUT2D eigenvalue weighted by Crippen LogP contribution is 2.36. The summed E-state index contributed by atoms with van der Waals surface area (Å²) in [6.45, 7) is 4.81. The van der Waals surface area contributed by atoms with E-state index in [1.54, 1.807) is 0 Å². The first-order valence-corrected chi connectivity index (χ1v) is 13.3. The third-order valence-corrected chi connectivity index (χ3v) is 8.11. The molecule has 1 aliphatic heterocycles. The summed E-state index contributed by atoms with van der Waals surface area (Å²) in [5.74, 6) is -0.472. The molecule has 0 saturated carbocycles. The molecule has 8 heteroatoms. The minimum absolute atomic E-state index is 0.0776. The summed E-state index contributed by atoms with van der Waals surface area (Å²) < 4.78 is 23.9. The van der Waals surface area contributed by atoms with E-state index < -0.39 is 15.8 Å². The summed E-state index contributed by atoms with van der Waals surface area (Å²) in [5.41, 5.74) is 3.71. The molecule has 1 aliphatic rings. The van der Waals surface area contributed by atoms with Crippen molar-refractivity contribution in [2.45, 2.75) is 51.5 Å². The number of rotatable bonds is 9. The Morgan fingerprint density at radius 2 is 1.81 bits per heavy atom. The van der Waals surface area contributed by atoms with Crippen LogP contribution in [-0.4, -0.2) is 43.6 Å². The average molecular weight is 479 g/mol. The summed E-state index contributed by atoms with van der Waals surface area (Å²) in [6.07, 6.45) is 2.02. The van der Waals surface area contributed by atoms with Gasteiger partial charge in [0.2, 0.25) is 0 Å². The first kappa shape index (κ1) is 24.4. The van der Waals surface area contributed by atoms with Gasteiger partial charge in [-0.15, -0.1) is 0 Å². The molecule has 1 heterocycles. The van der Waals surface area contributed by atoms with Crippen molar-refractivity contribution in [3.63, 3.8) is 0 Å². The van der Waals surface area contributed by atoms with E-state index in [4.69, 9.17) is 11.6 Å². The van der Waals surface area contributed by atoms with Crippen molar-refractivity contribution in [2.75, 3.05) is 28.3 Å². The predicted octanol–water partition coefficient (Wildman–Crippen LogP) is 5.46. The highest BCUT2D eigenvalue weighted by molar-refractivity contribution is 7.91. The number of nitrogens with zero attached hydrogens (tertiary/aromatic N) is 1. The van der Waals surface area contributed by atoms with Crippen LogP contribution in [0.3, 0.4) is 0 Å². The third-order valence-electron chi connectivity index (χ3n) is 6.14. The second-order valence-corrected chi connectivity index (χ2v) is 11.0. The van der Waals surface area contributed by atoms with E-state index in [1.165, 1.54) is 0 Å². The zero-order chi connectivity index (χ0) is 23.3. The normalized spacial score (nSPS) is 17.0. The summed E-state index contributed by atoms with van der Waals surface area (Å²) >= 11 is 6.04. The number of carbonyl (C=O) groups is 1. The molecule has 6 nitrogen and oxygen atoms in total. The number of halogens is 1. The van der Waals surface area contributed by atoms with Crippen LogP contribution in [0, 0.1) is 0 Å². The third kappa shape index (κ3) is 6.17. The molecule has 1 saturated heterocycles. The van der Waals surface area contributed by atoms with Gasteiger partial charge in [0.25, 0.3) is 0 Å². The Morgan fingerprint density at radius 1 is 1.16 bits per heavy atom. The molecule has 0 bridgehead atoms. The number of carboxylic acids is 1. The van der Waals surface area contributed by atoms with Crippen molar-refractivity contribution >= 4 is 44.5 Å². The second-order valence-electron chi connectivity index (χ2n) is 8.28. The SMILES string of the molecule is CCC(CC(=O)O)c1ccc(N(CC)C2CCS(=O)(=O)CC2)c(Nc2ccc(Cl)cc2)c1. The summed E-state index contributed by atoms with van der Waals surface area (Å²) in [5, 5.41) is 13.4. The minimum atomic E-state index is -2.95. The maximum Gasteiger partial charge on any atom is 0.303 e. The van der Waals surface area contributed by atoms with Crippen LogP contribution in [0.25, 0.3) is 0 Å². The van der Waals surface area contributed by atoms with Gasteiger partial charge in [-0.2, -0.15) is 0 Å². The van der Waals surface area contributed by atoms with Crippen LogP contribution in [0.4, 0.5) is 17.1 Å². The van der Waals surface area contributed by atoms with Crippen LogP contribution in [0.2, 0.25) is 5.02 Å². The lowest BCUT2D eigenvalue weighted by Crippen LogP contribution is -2.41. The number of sulfone groups is 1. The molecule has 3 rings (SSSR count). The van der Waals surface area contributed by atoms with E-state index in [2.05, 4.69) is 17.1 Å². The van der Waals surface area contributed by atoms with E-state index in [-0.39, 0.29) is 29.9 Å². The van der Waals surface area contributed by atoms with Gasteiger partial charge in [0, 0.05) is 23.3 Å². The molecule has 2 aromatic rings. The number of hydrogen-bond donors (Lipinski definition) is 2. The zero-order valence-electron chi connectivity index (χ0n) is 18.6. The summed E-state index contributed by atoms with van der Waals surface area (Å²) in [6, 6.07) is 13.6. The van der Waals surface area contributed by atoms with Crippen LogP contribution in [0.1, 0.15) is 51.0 Å². The van der Waals surface area contributed by atoms with Crippen LogP contribution >= 0.6 is 11.6 Å². The first-order chi connectivity index (χ1) is 15.2. The molecule has 0 spiro atoms. The van der Waals surface area contributed by atoms with E-state index in [0.29, 0.717) is 17.9 Å². The molecule has 0 aromatic heterocycles. The fourth-order valence-corrected chi connectivity index (χ4v) is 5.96. The van der Waals surface area contributed by atoms with E-state index >= 15 is 0 Å². The highest BCUT2D eigenvalue weighted by Gasteiger charge is 2.29. The lowest BCUT2D eigenvalue weighted by Gasteiger charge is -2.36. The molecular weight excluding hydrogens is 448 g/mol. The molecule has 1 unspecified atom stereocenters. The van der Waals surface area contributed by atoms with Crippen molar-refractivity contribution < 1.29 is 18.3 Å². The quantitative estimate of drug-likeness (QED) is 0.498. The highest BCUT2D eigenvalue weighted by atomic mass is 35.5. The number of carboxylic acid groups (broad SMARTS) is 1. The fourth-order valence-electron chi connectivity index (χ4n) is 4.37. The van der Waals surface area contributed by atoms with E-state index in [1.807, 2.05) is 49.4 Å². The van der Waals surface area contributed by atoms with Gasteiger partial charge in [-0.1, -0.05) is 24.6 Å². The van der Waals surface area contributed by atoms with Crippen molar-refractivity contribution in [3.8, 4) is 0 Å².